The number of hydrogen-bond acceptors (Lipinski definition) is 2. The van der Waals surface area contributed by atoms with Crippen LogP contribution < -0.4 is 5.73 Å². The lowest BCUT2D eigenvalue weighted by molar-refractivity contribution is -0.00407. The molecule has 0 rings (SSSR count). The fraction of sp³-hybridized carbons (Fsp3) is 1.00. The molecule has 0 saturated carbocycles. The van der Waals surface area contributed by atoms with Gasteiger partial charge in [0.25, 0.3) is 0 Å². The molecule has 98 valence electrons. The van der Waals surface area contributed by atoms with Crippen LogP contribution in [0.15, 0.2) is 0 Å². The molecule has 0 aromatic heterocycles. The van der Waals surface area contributed by atoms with E-state index in [0.29, 0.717) is 0 Å². The van der Waals surface area contributed by atoms with Gasteiger partial charge in [-0.05, 0) is 11.8 Å². The molecule has 0 aliphatic rings. The Morgan fingerprint density at radius 2 is 1.62 bits per heavy atom. The maximum atomic E-state index is 6.20. The lowest BCUT2D eigenvalue weighted by Gasteiger charge is -2.34. The monoisotopic (exact) mass is 229 g/mol. The molecule has 16 heavy (non-hydrogen) atoms. The van der Waals surface area contributed by atoms with Crippen molar-refractivity contribution in [3.63, 3.8) is 0 Å². The molecule has 0 aromatic rings. The quantitative estimate of drug-likeness (QED) is 0.644. The summed E-state index contributed by atoms with van der Waals surface area (Å²) in [7, 11) is 1.77. The third kappa shape index (κ3) is 6.49. The average molecular weight is 229 g/mol. The fourth-order valence-corrected chi connectivity index (χ4v) is 2.31. The van der Waals surface area contributed by atoms with Gasteiger partial charge in [-0.2, -0.15) is 0 Å². The number of hydrogen-bond donors (Lipinski definition) is 1. The van der Waals surface area contributed by atoms with E-state index in [0.717, 1.165) is 6.42 Å². The summed E-state index contributed by atoms with van der Waals surface area (Å²) in [6, 6.07) is 0.173. The van der Waals surface area contributed by atoms with E-state index >= 15 is 0 Å². The predicted molar refractivity (Wildman–Crippen MR) is 71.6 cm³/mol. The Kier molecular flexibility index (Phi) is 8.04. The molecule has 2 N–H and O–H groups in total. The molecular weight excluding hydrogens is 198 g/mol. The zero-order valence-corrected chi connectivity index (χ0v) is 11.9. The summed E-state index contributed by atoms with van der Waals surface area (Å²) >= 11 is 0. The van der Waals surface area contributed by atoms with E-state index in [4.69, 9.17) is 10.5 Å². The normalized spacial score (nSPS) is 16.1. The van der Waals surface area contributed by atoms with E-state index in [2.05, 4.69) is 27.7 Å². The van der Waals surface area contributed by atoms with Gasteiger partial charge < -0.3 is 10.5 Å². The molecule has 0 saturated heterocycles. The Bertz CT molecular complexity index is 163. The molecule has 0 bridgehead atoms. The second-order valence-corrected chi connectivity index (χ2v) is 5.89. The number of nitrogens with two attached hydrogens (primary N) is 1. The first kappa shape index (κ1) is 15.9. The van der Waals surface area contributed by atoms with Gasteiger partial charge in [0.2, 0.25) is 0 Å². The Balaban J connectivity index is 3.81. The molecule has 0 fully saturated rings. The summed E-state index contributed by atoms with van der Waals surface area (Å²) in [5, 5.41) is 0. The Morgan fingerprint density at radius 3 is 2.06 bits per heavy atom. The SMILES string of the molecule is CCCCCCCC(N)C(OC)C(C)(C)C. The number of rotatable bonds is 8. The maximum Gasteiger partial charge on any atom is 0.0770 e. The van der Waals surface area contributed by atoms with Crippen molar-refractivity contribution in [1.82, 2.24) is 0 Å². The van der Waals surface area contributed by atoms with Gasteiger partial charge in [0.15, 0.2) is 0 Å². The van der Waals surface area contributed by atoms with Crippen molar-refractivity contribution < 1.29 is 4.74 Å². The lowest BCUT2D eigenvalue weighted by Crippen LogP contribution is -2.44. The highest BCUT2D eigenvalue weighted by Crippen LogP contribution is 2.25. The molecule has 0 aliphatic heterocycles. The van der Waals surface area contributed by atoms with Crippen LogP contribution in [0.1, 0.15) is 66.2 Å². The van der Waals surface area contributed by atoms with Gasteiger partial charge in [-0.25, -0.2) is 0 Å². The molecule has 0 radical (unpaired) electrons. The Morgan fingerprint density at radius 1 is 1.06 bits per heavy atom. The molecule has 2 nitrogen and oxygen atoms in total. The minimum absolute atomic E-state index is 0.136. The maximum absolute atomic E-state index is 6.20. The van der Waals surface area contributed by atoms with Gasteiger partial charge in [-0.1, -0.05) is 59.8 Å². The minimum atomic E-state index is 0.136. The zero-order chi connectivity index (χ0) is 12.6. The predicted octanol–water partition coefficient (Wildman–Crippen LogP) is 3.74. The first-order valence-electron chi connectivity index (χ1n) is 6.71. The van der Waals surface area contributed by atoms with Gasteiger partial charge >= 0.3 is 0 Å². The highest BCUT2D eigenvalue weighted by molar-refractivity contribution is 4.83. The van der Waals surface area contributed by atoms with E-state index in [1.165, 1.54) is 32.1 Å². The summed E-state index contributed by atoms with van der Waals surface area (Å²) < 4.78 is 5.53. The zero-order valence-electron chi connectivity index (χ0n) is 11.9. The van der Waals surface area contributed by atoms with Crippen LogP contribution in [0.3, 0.4) is 0 Å². The highest BCUT2D eigenvalue weighted by Gasteiger charge is 2.29. The van der Waals surface area contributed by atoms with E-state index < -0.39 is 0 Å². The van der Waals surface area contributed by atoms with Crippen LogP contribution in [-0.4, -0.2) is 19.3 Å². The topological polar surface area (TPSA) is 35.2 Å². The van der Waals surface area contributed by atoms with Gasteiger partial charge in [-0.15, -0.1) is 0 Å². The summed E-state index contributed by atoms with van der Waals surface area (Å²) in [5.74, 6) is 0. The van der Waals surface area contributed by atoms with Crippen molar-refractivity contribution in [1.29, 1.82) is 0 Å². The fourth-order valence-electron chi connectivity index (χ4n) is 2.31. The second-order valence-electron chi connectivity index (χ2n) is 5.89. The van der Waals surface area contributed by atoms with Crippen LogP contribution in [0.4, 0.5) is 0 Å². The average Bonchev–Trinajstić information content (AvgIpc) is 2.16. The number of methoxy groups -OCH3 is 1. The van der Waals surface area contributed by atoms with Gasteiger partial charge in [-0.3, -0.25) is 0 Å². The molecule has 0 amide bonds. The summed E-state index contributed by atoms with van der Waals surface area (Å²) in [6.45, 7) is 8.82. The molecule has 0 heterocycles. The standard InChI is InChI=1S/C14H31NO/c1-6-7-8-9-10-11-12(15)13(16-5)14(2,3)4/h12-13H,6-11,15H2,1-5H3. The van der Waals surface area contributed by atoms with Crippen molar-refractivity contribution in [2.45, 2.75) is 78.4 Å². The molecule has 0 aliphatic carbocycles. The van der Waals surface area contributed by atoms with Gasteiger partial charge in [0.05, 0.1) is 6.10 Å². The number of unbranched alkanes of at least 4 members (excludes halogenated alkanes) is 4. The van der Waals surface area contributed by atoms with Crippen molar-refractivity contribution in [3.05, 3.63) is 0 Å². The van der Waals surface area contributed by atoms with Crippen LogP contribution in [0.5, 0.6) is 0 Å². The lowest BCUT2D eigenvalue weighted by atomic mass is 9.83. The van der Waals surface area contributed by atoms with Crippen LogP contribution >= 0.6 is 0 Å². The smallest absolute Gasteiger partial charge is 0.0770 e. The summed E-state index contributed by atoms with van der Waals surface area (Å²) in [4.78, 5) is 0. The Labute approximate surface area is 102 Å². The molecular formula is C14H31NO. The second kappa shape index (κ2) is 8.08. The Hall–Kier alpha value is -0.0800. The van der Waals surface area contributed by atoms with Crippen LogP contribution in [0.25, 0.3) is 0 Å². The van der Waals surface area contributed by atoms with E-state index in [9.17, 15) is 0 Å². The van der Waals surface area contributed by atoms with E-state index in [1.807, 2.05) is 0 Å². The molecule has 0 aromatic carbocycles. The van der Waals surface area contributed by atoms with Crippen molar-refractivity contribution in [2.75, 3.05) is 7.11 Å². The van der Waals surface area contributed by atoms with Crippen LogP contribution in [0, 0.1) is 5.41 Å². The van der Waals surface area contributed by atoms with Gasteiger partial charge in [0, 0.05) is 13.2 Å². The first-order chi connectivity index (χ1) is 7.43. The summed E-state index contributed by atoms with van der Waals surface area (Å²) in [5.41, 5.74) is 6.34. The largest absolute Gasteiger partial charge is 0.379 e. The molecule has 2 heteroatoms. The van der Waals surface area contributed by atoms with Crippen LogP contribution in [-0.2, 0) is 4.74 Å². The summed E-state index contributed by atoms with van der Waals surface area (Å²) in [6.07, 6.45) is 7.78. The van der Waals surface area contributed by atoms with Crippen LogP contribution in [0.2, 0.25) is 0 Å². The van der Waals surface area contributed by atoms with Crippen molar-refractivity contribution in [3.8, 4) is 0 Å². The third-order valence-corrected chi connectivity index (χ3v) is 3.14. The van der Waals surface area contributed by atoms with E-state index in [-0.39, 0.29) is 17.6 Å². The molecule has 0 spiro atoms. The van der Waals surface area contributed by atoms with Gasteiger partial charge in [0.1, 0.15) is 0 Å². The first-order valence-corrected chi connectivity index (χ1v) is 6.71. The number of ether oxygens (including phenoxy) is 1. The van der Waals surface area contributed by atoms with E-state index in [1.54, 1.807) is 7.11 Å². The van der Waals surface area contributed by atoms with Crippen molar-refractivity contribution >= 4 is 0 Å². The van der Waals surface area contributed by atoms with Crippen molar-refractivity contribution in [2.24, 2.45) is 11.1 Å². The minimum Gasteiger partial charge on any atom is -0.379 e. The third-order valence-electron chi connectivity index (χ3n) is 3.14. The highest BCUT2D eigenvalue weighted by atomic mass is 16.5. The molecule has 2 atom stereocenters. The molecule has 2 unspecified atom stereocenters.